The predicted molar refractivity (Wildman–Crippen MR) is 63.7 cm³/mol. The lowest BCUT2D eigenvalue weighted by Crippen LogP contribution is -2.15. The van der Waals surface area contributed by atoms with E-state index in [1.807, 2.05) is 12.1 Å². The van der Waals surface area contributed by atoms with Crippen LogP contribution in [0.4, 0.5) is 0 Å². The van der Waals surface area contributed by atoms with Crippen LogP contribution in [0.5, 0.6) is 0 Å². The zero-order valence-electron chi connectivity index (χ0n) is 9.27. The van der Waals surface area contributed by atoms with Gasteiger partial charge in [-0.05, 0) is 30.9 Å². The Labute approximate surface area is 93.8 Å². The van der Waals surface area contributed by atoms with Gasteiger partial charge in [-0.25, -0.2) is 4.98 Å². The molecule has 4 heteroatoms. The maximum Gasteiger partial charge on any atom is 0.109 e. The van der Waals surface area contributed by atoms with Crippen LogP contribution in [0.2, 0.25) is 0 Å². The lowest BCUT2D eigenvalue weighted by molar-refractivity contribution is 0.538. The minimum absolute atomic E-state index is 0.710. The maximum atomic E-state index is 4.60. The first kappa shape index (κ1) is 9.51. The summed E-state index contributed by atoms with van der Waals surface area (Å²) in [6.45, 7) is 3.17. The second-order valence-electron chi connectivity index (χ2n) is 4.43. The van der Waals surface area contributed by atoms with Crippen molar-refractivity contribution in [1.29, 1.82) is 0 Å². The fourth-order valence-electron chi connectivity index (χ4n) is 2.02. The molecule has 0 radical (unpaired) electrons. The molecule has 0 fully saturated rings. The summed E-state index contributed by atoms with van der Waals surface area (Å²) in [6.07, 6.45) is 4.01. The van der Waals surface area contributed by atoms with E-state index in [1.54, 1.807) is 6.20 Å². The first-order valence-corrected chi connectivity index (χ1v) is 5.67. The van der Waals surface area contributed by atoms with Crippen LogP contribution in [0.1, 0.15) is 25.5 Å². The molecule has 2 aromatic rings. The molecule has 0 saturated carbocycles. The van der Waals surface area contributed by atoms with Crippen LogP contribution < -0.4 is 0 Å². The maximum absolute atomic E-state index is 4.60. The Morgan fingerprint density at radius 1 is 1.38 bits per heavy atom. The van der Waals surface area contributed by atoms with Gasteiger partial charge in [0.2, 0.25) is 0 Å². The van der Waals surface area contributed by atoms with Crippen LogP contribution in [0.25, 0.3) is 11.0 Å². The van der Waals surface area contributed by atoms with Crippen molar-refractivity contribution in [2.24, 2.45) is 10.9 Å². The van der Waals surface area contributed by atoms with Crippen LogP contribution in [0, 0.1) is 5.92 Å². The first-order chi connectivity index (χ1) is 7.83. The fourth-order valence-corrected chi connectivity index (χ4v) is 2.02. The molecule has 1 unspecified atom stereocenters. The molecule has 1 aliphatic heterocycles. The van der Waals surface area contributed by atoms with E-state index in [2.05, 4.69) is 27.1 Å². The predicted octanol–water partition coefficient (Wildman–Crippen LogP) is 2.18. The number of aliphatic imine (C=N–C) groups is 1. The Balaban J connectivity index is 1.99. The zero-order chi connectivity index (χ0) is 11.0. The number of aromatic amines is 1. The number of hydrogen-bond acceptors (Lipinski definition) is 3. The second kappa shape index (κ2) is 3.70. The Morgan fingerprint density at radius 3 is 3.12 bits per heavy atom. The van der Waals surface area contributed by atoms with Crippen LogP contribution in [0.3, 0.4) is 0 Å². The Kier molecular flexibility index (Phi) is 2.20. The van der Waals surface area contributed by atoms with E-state index in [4.69, 9.17) is 0 Å². The summed E-state index contributed by atoms with van der Waals surface area (Å²) < 4.78 is 0. The van der Waals surface area contributed by atoms with E-state index in [0.717, 1.165) is 35.4 Å². The van der Waals surface area contributed by atoms with E-state index >= 15 is 0 Å². The van der Waals surface area contributed by atoms with E-state index in [-0.39, 0.29) is 0 Å². The van der Waals surface area contributed by atoms with Crippen LogP contribution >= 0.6 is 0 Å². The minimum Gasteiger partial charge on any atom is -0.287 e. The smallest absolute Gasteiger partial charge is 0.109 e. The zero-order valence-corrected chi connectivity index (χ0v) is 9.27. The van der Waals surface area contributed by atoms with Gasteiger partial charge >= 0.3 is 0 Å². The van der Waals surface area contributed by atoms with Crippen LogP contribution in [0.15, 0.2) is 23.3 Å². The quantitative estimate of drug-likeness (QED) is 0.791. The van der Waals surface area contributed by atoms with E-state index < -0.39 is 0 Å². The summed E-state index contributed by atoms with van der Waals surface area (Å²) in [7, 11) is 0. The number of fused-ring (bicyclic) bond motifs is 1. The highest BCUT2D eigenvalue weighted by molar-refractivity contribution is 6.00. The van der Waals surface area contributed by atoms with Gasteiger partial charge in [0, 0.05) is 6.54 Å². The highest BCUT2D eigenvalue weighted by atomic mass is 15.1. The summed E-state index contributed by atoms with van der Waals surface area (Å²) in [5.41, 5.74) is 4.04. The van der Waals surface area contributed by atoms with Crippen molar-refractivity contribution in [1.82, 2.24) is 15.2 Å². The van der Waals surface area contributed by atoms with E-state index in [9.17, 15) is 0 Å². The van der Waals surface area contributed by atoms with Crippen molar-refractivity contribution in [3.8, 4) is 0 Å². The fraction of sp³-hybridized carbons (Fsp3) is 0.417. The summed E-state index contributed by atoms with van der Waals surface area (Å²) in [5, 5.41) is 6.88. The molecule has 0 saturated heterocycles. The van der Waals surface area contributed by atoms with Gasteiger partial charge in [-0.15, -0.1) is 0 Å². The van der Waals surface area contributed by atoms with Crippen molar-refractivity contribution in [2.75, 3.05) is 6.54 Å². The Hall–Kier alpha value is -1.71. The molecule has 3 rings (SSSR count). The molecule has 16 heavy (non-hydrogen) atoms. The molecule has 1 aliphatic rings. The van der Waals surface area contributed by atoms with Gasteiger partial charge in [-0.1, -0.05) is 6.92 Å². The third kappa shape index (κ3) is 1.60. The lowest BCUT2D eigenvalue weighted by Gasteiger charge is -2.16. The van der Waals surface area contributed by atoms with Crippen molar-refractivity contribution >= 4 is 16.7 Å². The molecule has 0 spiro atoms. The topological polar surface area (TPSA) is 53.9 Å². The lowest BCUT2D eigenvalue weighted by atomic mass is 9.98. The minimum atomic E-state index is 0.710. The third-order valence-electron chi connectivity index (χ3n) is 3.06. The first-order valence-electron chi connectivity index (χ1n) is 5.67. The van der Waals surface area contributed by atoms with Crippen molar-refractivity contribution in [3.63, 3.8) is 0 Å². The van der Waals surface area contributed by atoms with Crippen molar-refractivity contribution in [3.05, 3.63) is 24.0 Å². The number of H-pyrrole nitrogens is 1. The van der Waals surface area contributed by atoms with Gasteiger partial charge in [0.15, 0.2) is 0 Å². The monoisotopic (exact) mass is 214 g/mol. The molecule has 0 bridgehead atoms. The van der Waals surface area contributed by atoms with Gasteiger partial charge in [0.05, 0.1) is 23.1 Å². The number of hydrogen-bond donors (Lipinski definition) is 1. The molecule has 1 N–H and O–H groups in total. The van der Waals surface area contributed by atoms with Crippen LogP contribution in [-0.4, -0.2) is 27.4 Å². The number of pyridine rings is 1. The third-order valence-corrected chi connectivity index (χ3v) is 3.06. The molecule has 4 nitrogen and oxygen atoms in total. The molecule has 0 aliphatic carbocycles. The molecule has 2 aromatic heterocycles. The standard InChI is InChI=1S/C12H14N4/c1-8-2-3-9(13-6-8)10-4-5-11-12(15-10)7-14-16-11/h4-5,7-8H,2-3,6H2,1H3,(H,14,16). The highest BCUT2D eigenvalue weighted by Gasteiger charge is 2.14. The Morgan fingerprint density at radius 2 is 2.31 bits per heavy atom. The average molecular weight is 214 g/mol. The van der Waals surface area contributed by atoms with Gasteiger partial charge < -0.3 is 0 Å². The normalized spacial score (nSPS) is 21.1. The molecule has 1 atom stereocenters. The van der Waals surface area contributed by atoms with Crippen LogP contribution in [-0.2, 0) is 0 Å². The van der Waals surface area contributed by atoms with Crippen molar-refractivity contribution < 1.29 is 0 Å². The van der Waals surface area contributed by atoms with Gasteiger partial charge in [-0.2, -0.15) is 5.10 Å². The second-order valence-corrected chi connectivity index (χ2v) is 4.43. The summed E-state index contributed by atoms with van der Waals surface area (Å²) in [4.78, 5) is 9.15. The number of nitrogens with zero attached hydrogens (tertiary/aromatic N) is 3. The number of nitrogens with one attached hydrogen (secondary N) is 1. The molecular formula is C12H14N4. The van der Waals surface area contributed by atoms with Gasteiger partial charge in [-0.3, -0.25) is 10.1 Å². The molecule has 0 amide bonds. The SMILES string of the molecule is CC1CCC(c2ccc3[nH]ncc3n2)=NC1. The highest BCUT2D eigenvalue weighted by Crippen LogP contribution is 2.18. The Bertz CT molecular complexity index is 541. The summed E-state index contributed by atoms with van der Waals surface area (Å²) in [6, 6.07) is 4.04. The number of rotatable bonds is 1. The molecule has 3 heterocycles. The van der Waals surface area contributed by atoms with E-state index in [1.165, 1.54) is 6.42 Å². The number of aromatic nitrogens is 3. The van der Waals surface area contributed by atoms with Crippen molar-refractivity contribution in [2.45, 2.75) is 19.8 Å². The summed E-state index contributed by atoms with van der Waals surface area (Å²) >= 11 is 0. The summed E-state index contributed by atoms with van der Waals surface area (Å²) in [5.74, 6) is 0.710. The molecule has 82 valence electrons. The van der Waals surface area contributed by atoms with Gasteiger partial charge in [0.1, 0.15) is 5.52 Å². The largest absolute Gasteiger partial charge is 0.287 e. The van der Waals surface area contributed by atoms with Gasteiger partial charge in [0.25, 0.3) is 0 Å². The average Bonchev–Trinajstić information content (AvgIpc) is 2.77. The molecular weight excluding hydrogens is 200 g/mol. The molecule has 0 aromatic carbocycles. The van der Waals surface area contributed by atoms with E-state index in [0.29, 0.717) is 5.92 Å².